The van der Waals surface area contributed by atoms with E-state index in [2.05, 4.69) is 44.8 Å². The zero-order valence-corrected chi connectivity index (χ0v) is 14.1. The van der Waals surface area contributed by atoms with Crippen LogP contribution in [0, 0.1) is 5.41 Å². The third-order valence-electron chi connectivity index (χ3n) is 4.08. The summed E-state index contributed by atoms with van der Waals surface area (Å²) in [4.78, 5) is 11.4. The zero-order valence-electron chi connectivity index (χ0n) is 13.2. The van der Waals surface area contributed by atoms with Gasteiger partial charge < -0.3 is 5.32 Å². The van der Waals surface area contributed by atoms with E-state index in [1.165, 1.54) is 35.3 Å². The summed E-state index contributed by atoms with van der Waals surface area (Å²) in [7, 11) is 0. The monoisotopic (exact) mass is 295 g/mol. The maximum Gasteiger partial charge on any atom is 0.207 e. The van der Waals surface area contributed by atoms with E-state index in [9.17, 15) is 4.79 Å². The van der Waals surface area contributed by atoms with E-state index < -0.39 is 0 Å². The summed E-state index contributed by atoms with van der Waals surface area (Å²) in [5, 5.41) is 2.70. The van der Waals surface area contributed by atoms with Crippen LogP contribution in [-0.2, 0) is 4.79 Å². The smallest absolute Gasteiger partial charge is 0.207 e. The second kappa shape index (κ2) is 8.56. The van der Waals surface area contributed by atoms with Gasteiger partial charge in [0, 0.05) is 6.54 Å². The van der Waals surface area contributed by atoms with Gasteiger partial charge in [0.2, 0.25) is 6.41 Å². The molecule has 0 fully saturated rings. The lowest BCUT2D eigenvalue weighted by atomic mass is 9.75. The van der Waals surface area contributed by atoms with Gasteiger partial charge in [-0.3, -0.25) is 4.79 Å². The van der Waals surface area contributed by atoms with Crippen LogP contribution in [0.2, 0.25) is 0 Å². The van der Waals surface area contributed by atoms with Crippen molar-refractivity contribution in [2.75, 3.05) is 6.54 Å². The number of amides is 1. The Morgan fingerprint density at radius 2 is 2.10 bits per heavy atom. The highest BCUT2D eigenvalue weighted by molar-refractivity contribution is 7.84. The molecule has 1 N–H and O–H groups in total. The molecular weight excluding hydrogens is 266 g/mol. The number of carbonyl (C=O) groups excluding carboxylic acids is 1. The third kappa shape index (κ3) is 6.17. The molecule has 1 aliphatic rings. The number of hydrogen-bond donors (Lipinski definition) is 2. The maximum absolute atomic E-state index is 10.1. The molecular formula is C17H29NOS. The Hall–Kier alpha value is -0.700. The molecule has 2 nitrogen and oxygen atoms in total. The molecule has 1 aliphatic carbocycles. The summed E-state index contributed by atoms with van der Waals surface area (Å²) in [6.07, 6.45) is 11.2. The van der Waals surface area contributed by atoms with Crippen LogP contribution in [0.3, 0.4) is 0 Å². The van der Waals surface area contributed by atoms with E-state index in [1.54, 1.807) is 0 Å². The van der Waals surface area contributed by atoms with Gasteiger partial charge in [0.05, 0.1) is 0 Å². The zero-order chi connectivity index (χ0) is 15.0. The molecule has 1 rings (SSSR count). The van der Waals surface area contributed by atoms with Gasteiger partial charge in [-0.1, -0.05) is 31.9 Å². The van der Waals surface area contributed by atoms with Crippen LogP contribution in [-0.4, -0.2) is 13.0 Å². The summed E-state index contributed by atoms with van der Waals surface area (Å²) in [6, 6.07) is 0. The van der Waals surface area contributed by atoms with E-state index in [4.69, 9.17) is 0 Å². The van der Waals surface area contributed by atoms with E-state index in [1.807, 2.05) is 0 Å². The quantitative estimate of drug-likeness (QED) is 0.381. The highest BCUT2D eigenvalue weighted by atomic mass is 32.1. The van der Waals surface area contributed by atoms with Gasteiger partial charge in [-0.2, -0.15) is 0 Å². The molecule has 0 atom stereocenters. The Morgan fingerprint density at radius 3 is 2.80 bits per heavy atom. The van der Waals surface area contributed by atoms with Crippen molar-refractivity contribution >= 4 is 19.0 Å². The molecule has 114 valence electrons. The fraction of sp³-hybridized carbons (Fsp3) is 0.706. The highest BCUT2D eigenvalue weighted by Crippen LogP contribution is 2.42. The number of allylic oxidation sites excluding steroid dienone is 4. The number of thiol groups is 1. The fourth-order valence-electron chi connectivity index (χ4n) is 2.69. The number of unbranched alkanes of at least 4 members (excludes halogenated alkanes) is 3. The lowest BCUT2D eigenvalue weighted by Crippen LogP contribution is -2.17. The Kier molecular flexibility index (Phi) is 7.42. The molecule has 0 aromatic heterocycles. The molecule has 0 unspecified atom stereocenters. The molecule has 20 heavy (non-hydrogen) atoms. The minimum absolute atomic E-state index is 0.414. The predicted octanol–water partition coefficient (Wildman–Crippen LogP) is 4.63. The van der Waals surface area contributed by atoms with Crippen molar-refractivity contribution in [3.05, 3.63) is 22.1 Å². The number of hydrogen-bond acceptors (Lipinski definition) is 2. The van der Waals surface area contributed by atoms with Gasteiger partial charge in [0.25, 0.3) is 0 Å². The lowest BCUT2D eigenvalue weighted by molar-refractivity contribution is -0.109. The third-order valence-corrected chi connectivity index (χ3v) is 4.57. The second-order valence-electron chi connectivity index (χ2n) is 6.57. The number of nitrogens with one attached hydrogen (secondary N) is 1. The van der Waals surface area contributed by atoms with E-state index in [-0.39, 0.29) is 0 Å². The average molecular weight is 295 g/mol. The molecule has 0 aromatic rings. The van der Waals surface area contributed by atoms with Gasteiger partial charge in [-0.15, -0.1) is 12.6 Å². The van der Waals surface area contributed by atoms with Crippen molar-refractivity contribution in [1.29, 1.82) is 0 Å². The summed E-state index contributed by atoms with van der Waals surface area (Å²) in [5.41, 5.74) is 3.29. The molecule has 0 heterocycles. The van der Waals surface area contributed by atoms with Crippen LogP contribution >= 0.6 is 12.6 Å². The normalized spacial score (nSPS) is 19.1. The Bertz CT molecular complexity index is 382. The Morgan fingerprint density at radius 1 is 1.35 bits per heavy atom. The highest BCUT2D eigenvalue weighted by Gasteiger charge is 2.26. The molecule has 0 spiro atoms. The van der Waals surface area contributed by atoms with Gasteiger partial charge >= 0.3 is 0 Å². The number of carbonyl (C=O) groups is 1. The first-order chi connectivity index (χ1) is 9.46. The van der Waals surface area contributed by atoms with Crippen molar-refractivity contribution in [1.82, 2.24) is 5.32 Å². The minimum Gasteiger partial charge on any atom is -0.359 e. The first-order valence-corrected chi connectivity index (χ1v) is 8.16. The number of rotatable bonds is 8. The van der Waals surface area contributed by atoms with Crippen LogP contribution in [0.5, 0.6) is 0 Å². The molecule has 3 heteroatoms. The van der Waals surface area contributed by atoms with Crippen LogP contribution in [0.25, 0.3) is 0 Å². The summed E-state index contributed by atoms with van der Waals surface area (Å²) in [5.74, 6) is 0. The van der Waals surface area contributed by atoms with Gasteiger partial charge in [0.1, 0.15) is 0 Å². The Balaban J connectivity index is 2.38. The molecule has 0 saturated carbocycles. The fourth-order valence-corrected chi connectivity index (χ4v) is 3.06. The van der Waals surface area contributed by atoms with Gasteiger partial charge in [-0.05, 0) is 61.3 Å². The Labute approximate surface area is 129 Å². The minimum atomic E-state index is 0.414. The van der Waals surface area contributed by atoms with Crippen molar-refractivity contribution in [2.24, 2.45) is 5.41 Å². The molecule has 0 radical (unpaired) electrons. The summed E-state index contributed by atoms with van der Waals surface area (Å²) >= 11 is 4.67. The first-order valence-electron chi connectivity index (χ1n) is 7.71. The van der Waals surface area contributed by atoms with Crippen LogP contribution in [0.1, 0.15) is 65.7 Å². The van der Waals surface area contributed by atoms with E-state index >= 15 is 0 Å². The first kappa shape index (κ1) is 17.4. The maximum atomic E-state index is 10.1. The second-order valence-corrected chi connectivity index (χ2v) is 7.11. The van der Waals surface area contributed by atoms with Crippen LogP contribution in [0.15, 0.2) is 22.1 Å². The predicted molar refractivity (Wildman–Crippen MR) is 89.9 cm³/mol. The molecule has 0 saturated heterocycles. The van der Waals surface area contributed by atoms with E-state index in [0.29, 0.717) is 5.41 Å². The van der Waals surface area contributed by atoms with Crippen molar-refractivity contribution in [3.63, 3.8) is 0 Å². The molecule has 0 aromatic carbocycles. The van der Waals surface area contributed by atoms with Crippen molar-refractivity contribution in [2.45, 2.75) is 65.7 Å². The summed E-state index contributed by atoms with van der Waals surface area (Å²) in [6.45, 7) is 7.72. The lowest BCUT2D eigenvalue weighted by Gasteiger charge is -2.32. The van der Waals surface area contributed by atoms with Crippen LogP contribution < -0.4 is 5.32 Å². The van der Waals surface area contributed by atoms with Crippen LogP contribution in [0.4, 0.5) is 0 Å². The molecule has 1 amide bonds. The molecule has 0 bridgehead atoms. The van der Waals surface area contributed by atoms with Gasteiger partial charge in [-0.25, -0.2) is 0 Å². The van der Waals surface area contributed by atoms with E-state index in [0.717, 1.165) is 38.6 Å². The topological polar surface area (TPSA) is 29.1 Å². The summed E-state index contributed by atoms with van der Waals surface area (Å²) < 4.78 is 0. The SMILES string of the molecule is C/C(=C\CCCCCNC=O)C1=C(S)CCC(C)(C)C1. The van der Waals surface area contributed by atoms with Gasteiger partial charge in [0.15, 0.2) is 0 Å². The van der Waals surface area contributed by atoms with Crippen molar-refractivity contribution < 1.29 is 4.79 Å². The van der Waals surface area contributed by atoms with Crippen molar-refractivity contribution in [3.8, 4) is 0 Å². The standard InChI is InChI=1S/C17H29NOS/c1-14(8-6-4-5-7-11-18-13-19)15-12-17(2,3)10-9-16(15)20/h8,13,20H,4-7,9-12H2,1-3H3,(H,18,19)/b14-8+. The largest absolute Gasteiger partial charge is 0.359 e. The molecule has 0 aliphatic heterocycles. The average Bonchev–Trinajstić information content (AvgIpc) is 2.40.